The molecule has 0 saturated carbocycles. The molecule has 0 spiro atoms. The number of hydrogen-bond acceptors (Lipinski definition) is 6. The smallest absolute Gasteiger partial charge is 0.457 e. The molecule has 0 amide bonds. The van der Waals surface area contributed by atoms with Crippen LogP contribution in [0, 0.1) is 0 Å². The van der Waals surface area contributed by atoms with E-state index in [1.807, 2.05) is 21.1 Å². The van der Waals surface area contributed by atoms with Gasteiger partial charge in [-0.15, -0.1) is 0 Å². The van der Waals surface area contributed by atoms with Crippen LogP contribution in [-0.2, 0) is 27.9 Å². The minimum atomic E-state index is -4.22. The summed E-state index contributed by atoms with van der Waals surface area (Å²) in [5.74, 6) is -0.399. The number of phosphoric acid groups is 1. The lowest BCUT2D eigenvalue weighted by Gasteiger charge is -2.24. The summed E-state index contributed by atoms with van der Waals surface area (Å²) >= 11 is 0. The van der Waals surface area contributed by atoms with E-state index in [-0.39, 0.29) is 26.2 Å². The van der Waals surface area contributed by atoms with Crippen molar-refractivity contribution in [2.45, 2.75) is 148 Å². The van der Waals surface area contributed by atoms with Crippen molar-refractivity contribution >= 4 is 13.8 Å². The SMILES string of the molecule is CCCCCCCCCCCCCCCCCCCCCOCC(COP(=O)(O)OCC[N+](C)(C)C)OC(=O)CC. The molecule has 0 aliphatic heterocycles. The van der Waals surface area contributed by atoms with Crippen molar-refractivity contribution in [1.29, 1.82) is 0 Å². The predicted molar refractivity (Wildman–Crippen MR) is 169 cm³/mol. The number of unbranched alkanes of at least 4 members (excludes halogenated alkanes) is 18. The highest BCUT2D eigenvalue weighted by molar-refractivity contribution is 7.47. The third-order valence-electron chi connectivity index (χ3n) is 7.22. The first-order valence-corrected chi connectivity index (χ1v) is 18.3. The lowest BCUT2D eigenvalue weighted by atomic mass is 10.0. The zero-order valence-electron chi connectivity index (χ0n) is 27.5. The Labute approximate surface area is 253 Å². The van der Waals surface area contributed by atoms with Crippen LogP contribution in [0.2, 0.25) is 0 Å². The number of esters is 1. The normalized spacial score (nSPS) is 14.2. The summed E-state index contributed by atoms with van der Waals surface area (Å²) < 4.78 is 33.9. The number of hydrogen-bond donors (Lipinski definition) is 1. The van der Waals surface area contributed by atoms with Gasteiger partial charge in [0, 0.05) is 13.0 Å². The molecule has 0 heterocycles. The Balaban J connectivity index is 3.71. The fourth-order valence-corrected chi connectivity index (χ4v) is 5.27. The fourth-order valence-electron chi connectivity index (χ4n) is 4.53. The van der Waals surface area contributed by atoms with Gasteiger partial charge in [-0.3, -0.25) is 13.8 Å². The van der Waals surface area contributed by atoms with E-state index in [2.05, 4.69) is 6.92 Å². The molecular weight excluding hydrogens is 541 g/mol. The van der Waals surface area contributed by atoms with Crippen LogP contribution in [0.15, 0.2) is 0 Å². The fraction of sp³-hybridized carbons (Fsp3) is 0.969. The molecule has 0 saturated heterocycles. The first kappa shape index (κ1) is 40.5. The van der Waals surface area contributed by atoms with Gasteiger partial charge in [0.1, 0.15) is 19.3 Å². The molecule has 0 fully saturated rings. The van der Waals surface area contributed by atoms with Gasteiger partial charge in [-0.2, -0.15) is 0 Å². The summed E-state index contributed by atoms with van der Waals surface area (Å²) in [6.07, 6.45) is 24.9. The Morgan fingerprint density at radius 1 is 0.659 bits per heavy atom. The maximum atomic E-state index is 12.1. The summed E-state index contributed by atoms with van der Waals surface area (Å²) in [6, 6.07) is 0. The quantitative estimate of drug-likeness (QED) is 0.0365. The van der Waals surface area contributed by atoms with Crippen molar-refractivity contribution in [1.82, 2.24) is 0 Å². The summed E-state index contributed by atoms with van der Waals surface area (Å²) in [6.45, 7) is 5.07. The molecule has 0 rings (SSSR count). The number of quaternary nitrogens is 1. The summed E-state index contributed by atoms with van der Waals surface area (Å²) in [4.78, 5) is 21.7. The maximum Gasteiger partial charge on any atom is 0.472 e. The van der Waals surface area contributed by atoms with Crippen molar-refractivity contribution in [2.75, 3.05) is 54.1 Å². The van der Waals surface area contributed by atoms with Gasteiger partial charge in [0.25, 0.3) is 0 Å². The Morgan fingerprint density at radius 3 is 1.51 bits per heavy atom. The molecule has 0 aromatic heterocycles. The molecule has 0 aromatic carbocycles. The molecule has 41 heavy (non-hydrogen) atoms. The summed E-state index contributed by atoms with van der Waals surface area (Å²) in [7, 11) is 1.67. The number of rotatable bonds is 31. The van der Waals surface area contributed by atoms with Gasteiger partial charge in [0.15, 0.2) is 0 Å². The maximum absolute atomic E-state index is 12.1. The lowest BCUT2D eigenvalue weighted by molar-refractivity contribution is -0.870. The molecule has 2 atom stereocenters. The Morgan fingerprint density at radius 2 is 1.10 bits per heavy atom. The molecule has 0 bridgehead atoms. The highest BCUT2D eigenvalue weighted by atomic mass is 31.2. The molecule has 9 heteroatoms. The van der Waals surface area contributed by atoms with Gasteiger partial charge >= 0.3 is 13.8 Å². The van der Waals surface area contributed by atoms with Crippen molar-refractivity contribution in [3.05, 3.63) is 0 Å². The second-order valence-electron chi connectivity index (χ2n) is 12.5. The first-order valence-electron chi connectivity index (χ1n) is 16.8. The van der Waals surface area contributed by atoms with E-state index < -0.39 is 19.9 Å². The highest BCUT2D eigenvalue weighted by Crippen LogP contribution is 2.43. The Bertz CT molecular complexity index is 642. The number of phosphoric ester groups is 1. The van der Waals surface area contributed by atoms with E-state index >= 15 is 0 Å². The molecule has 0 aliphatic carbocycles. The van der Waals surface area contributed by atoms with E-state index in [1.54, 1.807) is 6.92 Å². The minimum absolute atomic E-state index is 0.0899. The van der Waals surface area contributed by atoms with Crippen molar-refractivity contribution in [2.24, 2.45) is 0 Å². The number of ether oxygens (including phenoxy) is 2. The van der Waals surface area contributed by atoms with Gasteiger partial charge in [-0.25, -0.2) is 4.57 Å². The molecule has 1 N–H and O–H groups in total. The van der Waals surface area contributed by atoms with Crippen molar-refractivity contribution in [3.63, 3.8) is 0 Å². The predicted octanol–water partition coefficient (Wildman–Crippen LogP) is 8.60. The van der Waals surface area contributed by atoms with Crippen LogP contribution in [0.25, 0.3) is 0 Å². The van der Waals surface area contributed by atoms with Crippen LogP contribution in [-0.4, -0.2) is 75.6 Å². The molecule has 246 valence electrons. The summed E-state index contributed by atoms with van der Waals surface area (Å²) in [5, 5.41) is 0. The third kappa shape index (κ3) is 30.8. The zero-order valence-corrected chi connectivity index (χ0v) is 28.4. The third-order valence-corrected chi connectivity index (χ3v) is 8.21. The van der Waals surface area contributed by atoms with Crippen molar-refractivity contribution in [3.8, 4) is 0 Å². The van der Waals surface area contributed by atoms with E-state index in [0.29, 0.717) is 17.6 Å². The van der Waals surface area contributed by atoms with E-state index in [9.17, 15) is 14.3 Å². The van der Waals surface area contributed by atoms with Gasteiger partial charge in [0.2, 0.25) is 0 Å². The molecule has 0 radical (unpaired) electrons. The van der Waals surface area contributed by atoms with E-state index in [1.165, 1.54) is 109 Å². The number of likely N-dealkylation sites (N-methyl/N-ethyl adjacent to an activating group) is 1. The van der Waals surface area contributed by atoms with Crippen LogP contribution < -0.4 is 0 Å². The zero-order chi connectivity index (χ0) is 30.7. The number of carbonyl (C=O) groups is 1. The molecule has 2 unspecified atom stereocenters. The van der Waals surface area contributed by atoms with Crippen LogP contribution in [0.5, 0.6) is 0 Å². The topological polar surface area (TPSA) is 91.3 Å². The second-order valence-corrected chi connectivity index (χ2v) is 14.0. The van der Waals surface area contributed by atoms with E-state index in [4.69, 9.17) is 18.5 Å². The standard InChI is InChI=1S/C32H66NO7P/c1-6-8-9-10-11-12-13-14-15-16-17-18-19-20-21-22-23-24-25-27-37-29-31(40-32(34)7-2)30-39-41(35,36)38-28-26-33(3,4)5/h31H,6-30H2,1-5H3/p+1. The van der Waals surface area contributed by atoms with Crippen molar-refractivity contribution < 1.29 is 37.3 Å². The number of carbonyl (C=O) groups excluding carboxylic acids is 1. The first-order chi connectivity index (χ1) is 19.6. The molecule has 0 aromatic rings. The number of nitrogens with zero attached hydrogens (tertiary/aromatic N) is 1. The van der Waals surface area contributed by atoms with Crippen LogP contribution >= 0.6 is 7.82 Å². The Kier molecular flexibility index (Phi) is 26.7. The molecular formula is C32H67NO7P+. The minimum Gasteiger partial charge on any atom is -0.457 e. The largest absolute Gasteiger partial charge is 0.472 e. The molecule has 8 nitrogen and oxygen atoms in total. The van der Waals surface area contributed by atoms with Gasteiger partial charge in [-0.05, 0) is 6.42 Å². The highest BCUT2D eigenvalue weighted by Gasteiger charge is 2.26. The summed E-state index contributed by atoms with van der Waals surface area (Å²) in [5.41, 5.74) is 0. The van der Waals surface area contributed by atoms with E-state index in [0.717, 1.165) is 12.8 Å². The van der Waals surface area contributed by atoms with Gasteiger partial charge in [-0.1, -0.05) is 129 Å². The van der Waals surface area contributed by atoms with Gasteiger partial charge < -0.3 is 18.9 Å². The monoisotopic (exact) mass is 608 g/mol. The molecule has 0 aliphatic rings. The van der Waals surface area contributed by atoms with Crippen LogP contribution in [0.4, 0.5) is 0 Å². The second kappa shape index (κ2) is 27.1. The average molecular weight is 609 g/mol. The Hall–Kier alpha value is -0.500. The van der Waals surface area contributed by atoms with Crippen LogP contribution in [0.1, 0.15) is 142 Å². The van der Waals surface area contributed by atoms with Gasteiger partial charge in [0.05, 0.1) is 34.4 Å². The van der Waals surface area contributed by atoms with Crippen LogP contribution in [0.3, 0.4) is 0 Å². The lowest BCUT2D eigenvalue weighted by Crippen LogP contribution is -2.37. The average Bonchev–Trinajstić information content (AvgIpc) is 2.91.